The van der Waals surface area contributed by atoms with Crippen molar-refractivity contribution in [2.24, 2.45) is 5.92 Å². The normalized spacial score (nSPS) is 12.5. The molecule has 0 aliphatic heterocycles. The van der Waals surface area contributed by atoms with E-state index in [4.69, 9.17) is 4.74 Å². The van der Waals surface area contributed by atoms with Crippen LogP contribution in [0.3, 0.4) is 0 Å². The van der Waals surface area contributed by atoms with E-state index in [2.05, 4.69) is 6.58 Å². The molecule has 13 heavy (non-hydrogen) atoms. The fourth-order valence-electron chi connectivity index (χ4n) is 0.796. The van der Waals surface area contributed by atoms with Gasteiger partial charge < -0.3 is 4.74 Å². The van der Waals surface area contributed by atoms with Gasteiger partial charge >= 0.3 is 0 Å². The summed E-state index contributed by atoms with van der Waals surface area (Å²) in [7, 11) is 0. The first-order chi connectivity index (χ1) is 6.20. The van der Waals surface area contributed by atoms with Gasteiger partial charge in [0.2, 0.25) is 0 Å². The molecule has 0 aliphatic rings. The van der Waals surface area contributed by atoms with Crippen molar-refractivity contribution in [1.29, 1.82) is 0 Å². The minimum absolute atomic E-state index is 0.393. The van der Waals surface area contributed by atoms with E-state index in [-0.39, 0.29) is 0 Å². The Hall–Kier alpha value is -1.05. The fourth-order valence-corrected chi connectivity index (χ4v) is 0.796. The Morgan fingerprint density at radius 2 is 2.23 bits per heavy atom. The summed E-state index contributed by atoms with van der Waals surface area (Å²) in [6.45, 7) is 7.61. The monoisotopic (exact) mass is 184 g/mol. The summed E-state index contributed by atoms with van der Waals surface area (Å²) in [6, 6.07) is 0. The summed E-state index contributed by atoms with van der Waals surface area (Å²) in [5, 5.41) is 0. The van der Waals surface area contributed by atoms with Gasteiger partial charge in [-0.3, -0.25) is 0 Å². The maximum absolute atomic E-state index is 11.8. The lowest BCUT2D eigenvalue weighted by atomic mass is 10.2. The zero-order chi connectivity index (χ0) is 10.1. The van der Waals surface area contributed by atoms with Crippen LogP contribution in [0, 0.1) is 5.92 Å². The first kappa shape index (κ1) is 11.9. The molecule has 0 radical (unpaired) electrons. The topological polar surface area (TPSA) is 9.23 Å². The van der Waals surface area contributed by atoms with Gasteiger partial charge in [-0.05, 0) is 18.1 Å². The number of alkyl halides is 1. The van der Waals surface area contributed by atoms with Crippen LogP contribution in [0.5, 0.6) is 0 Å². The van der Waals surface area contributed by atoms with Crippen LogP contribution >= 0.6 is 0 Å². The third-order valence-electron chi connectivity index (χ3n) is 1.24. The fraction of sp³-hybridized carbons (Fsp3) is 0.455. The van der Waals surface area contributed by atoms with Crippen LogP contribution in [-0.4, -0.2) is 13.3 Å². The zero-order valence-corrected chi connectivity index (χ0v) is 8.29. The van der Waals surface area contributed by atoms with Gasteiger partial charge in [-0.2, -0.15) is 0 Å². The second-order valence-electron chi connectivity index (χ2n) is 2.97. The third-order valence-corrected chi connectivity index (χ3v) is 1.24. The van der Waals surface area contributed by atoms with Crippen molar-refractivity contribution in [1.82, 2.24) is 0 Å². The van der Waals surface area contributed by atoms with Gasteiger partial charge in [-0.25, -0.2) is 4.39 Å². The predicted molar refractivity (Wildman–Crippen MR) is 54.2 cm³/mol. The van der Waals surface area contributed by atoms with E-state index in [0.717, 1.165) is 0 Å². The van der Waals surface area contributed by atoms with Crippen LogP contribution in [-0.2, 0) is 4.74 Å². The van der Waals surface area contributed by atoms with E-state index in [0.29, 0.717) is 18.3 Å². The van der Waals surface area contributed by atoms with Crippen molar-refractivity contribution in [3.05, 3.63) is 36.6 Å². The van der Waals surface area contributed by atoms with Gasteiger partial charge in [0.1, 0.15) is 19.0 Å². The van der Waals surface area contributed by atoms with E-state index in [1.165, 1.54) is 6.08 Å². The van der Waals surface area contributed by atoms with E-state index in [9.17, 15) is 4.39 Å². The second kappa shape index (κ2) is 7.59. The van der Waals surface area contributed by atoms with Crippen LogP contribution in [0.4, 0.5) is 4.39 Å². The van der Waals surface area contributed by atoms with E-state index >= 15 is 0 Å². The van der Waals surface area contributed by atoms with E-state index < -0.39 is 6.67 Å². The van der Waals surface area contributed by atoms with Gasteiger partial charge in [0.05, 0.1) is 0 Å². The average molecular weight is 184 g/mol. The maximum atomic E-state index is 11.8. The van der Waals surface area contributed by atoms with Crippen molar-refractivity contribution in [2.75, 3.05) is 13.3 Å². The largest absolute Gasteiger partial charge is 0.490 e. The number of ether oxygens (including phenoxy) is 1. The third kappa shape index (κ3) is 7.32. The average Bonchev–Trinajstić information content (AvgIpc) is 2.09. The molecular formula is C11H17FO. The standard InChI is InChI=1S/C11H17FO/c1-4-8-13-11(6-5-7-12)9-10(2)3/h4-6,9-10H,1,7-8H2,2-3H3/b6-5-,11-9+. The quantitative estimate of drug-likeness (QED) is 0.350. The number of halogens is 1. The molecule has 0 saturated carbocycles. The molecule has 2 heteroatoms. The Balaban J connectivity index is 4.18. The van der Waals surface area contributed by atoms with E-state index in [1.54, 1.807) is 12.2 Å². The van der Waals surface area contributed by atoms with Gasteiger partial charge in [-0.1, -0.05) is 32.6 Å². The zero-order valence-electron chi connectivity index (χ0n) is 8.29. The Morgan fingerprint density at radius 1 is 1.54 bits per heavy atom. The molecule has 0 atom stereocenters. The highest BCUT2D eigenvalue weighted by molar-refractivity contribution is 5.13. The summed E-state index contributed by atoms with van der Waals surface area (Å²) in [5.41, 5.74) is 0. The van der Waals surface area contributed by atoms with Crippen molar-refractivity contribution in [3.8, 4) is 0 Å². The first-order valence-electron chi connectivity index (χ1n) is 4.38. The number of allylic oxidation sites excluding steroid dienone is 3. The predicted octanol–water partition coefficient (Wildman–Crippen LogP) is 3.25. The van der Waals surface area contributed by atoms with Crippen LogP contribution in [0.1, 0.15) is 13.8 Å². The van der Waals surface area contributed by atoms with Gasteiger partial charge in [0.25, 0.3) is 0 Å². The highest BCUT2D eigenvalue weighted by Gasteiger charge is 1.94. The molecule has 0 rings (SSSR count). The number of hydrogen-bond acceptors (Lipinski definition) is 1. The van der Waals surface area contributed by atoms with Gasteiger partial charge in [0, 0.05) is 0 Å². The van der Waals surface area contributed by atoms with Gasteiger partial charge in [0.15, 0.2) is 0 Å². The molecule has 0 heterocycles. The molecule has 0 unspecified atom stereocenters. The van der Waals surface area contributed by atoms with Crippen molar-refractivity contribution in [3.63, 3.8) is 0 Å². The molecular weight excluding hydrogens is 167 g/mol. The Labute approximate surface area is 79.6 Å². The molecule has 0 amide bonds. The minimum atomic E-state index is -0.465. The summed E-state index contributed by atoms with van der Waals surface area (Å²) in [4.78, 5) is 0. The molecule has 0 aromatic rings. The van der Waals surface area contributed by atoms with Crippen LogP contribution in [0.15, 0.2) is 36.6 Å². The minimum Gasteiger partial charge on any atom is -0.490 e. The molecule has 0 aromatic carbocycles. The molecule has 0 aromatic heterocycles. The van der Waals surface area contributed by atoms with Crippen LogP contribution in [0.25, 0.3) is 0 Å². The molecule has 0 fully saturated rings. The summed E-state index contributed by atoms with van der Waals surface area (Å²) in [6.07, 6.45) is 6.67. The molecule has 0 saturated heterocycles. The van der Waals surface area contributed by atoms with Crippen molar-refractivity contribution in [2.45, 2.75) is 13.8 Å². The summed E-state index contributed by atoms with van der Waals surface area (Å²) < 4.78 is 17.1. The van der Waals surface area contributed by atoms with Crippen LogP contribution in [0.2, 0.25) is 0 Å². The number of hydrogen-bond donors (Lipinski definition) is 0. The maximum Gasteiger partial charge on any atom is 0.115 e. The lowest BCUT2D eigenvalue weighted by Crippen LogP contribution is -1.92. The summed E-state index contributed by atoms with van der Waals surface area (Å²) >= 11 is 0. The van der Waals surface area contributed by atoms with Crippen LogP contribution < -0.4 is 0 Å². The van der Waals surface area contributed by atoms with E-state index in [1.807, 2.05) is 19.9 Å². The summed E-state index contributed by atoms with van der Waals surface area (Å²) in [5.74, 6) is 1.09. The van der Waals surface area contributed by atoms with Gasteiger partial charge in [-0.15, -0.1) is 0 Å². The number of rotatable bonds is 6. The SMILES string of the molecule is C=CCOC(/C=C\CF)=C/C(C)C. The highest BCUT2D eigenvalue weighted by Crippen LogP contribution is 2.05. The molecule has 0 aliphatic carbocycles. The smallest absolute Gasteiger partial charge is 0.115 e. The Kier molecular flexibility index (Phi) is 6.98. The molecule has 0 bridgehead atoms. The second-order valence-corrected chi connectivity index (χ2v) is 2.97. The molecule has 0 N–H and O–H groups in total. The Bertz CT molecular complexity index is 192. The molecule has 74 valence electrons. The molecule has 0 spiro atoms. The van der Waals surface area contributed by atoms with Crippen molar-refractivity contribution < 1.29 is 9.13 Å². The Morgan fingerprint density at radius 3 is 2.69 bits per heavy atom. The highest BCUT2D eigenvalue weighted by atomic mass is 19.1. The lowest BCUT2D eigenvalue weighted by molar-refractivity contribution is 0.258. The molecule has 1 nitrogen and oxygen atoms in total. The first-order valence-corrected chi connectivity index (χ1v) is 4.38. The van der Waals surface area contributed by atoms with Crippen molar-refractivity contribution >= 4 is 0 Å². The lowest BCUT2D eigenvalue weighted by Gasteiger charge is -2.05.